The van der Waals surface area contributed by atoms with Gasteiger partial charge in [0.05, 0.1) is 17.0 Å². The number of halogens is 3. The first-order valence-electron chi connectivity index (χ1n) is 10.6. The van der Waals surface area contributed by atoms with E-state index in [4.69, 9.17) is 34.8 Å². The second-order valence-electron chi connectivity index (χ2n) is 8.07. The molecule has 2 rings (SSSR count). The summed E-state index contributed by atoms with van der Waals surface area (Å²) in [6, 6.07) is 10.3. The summed E-state index contributed by atoms with van der Waals surface area (Å²) in [7, 11) is -3.92. The number of sulfonamides is 1. The Kier molecular flexibility index (Phi) is 10.1. The first-order chi connectivity index (χ1) is 15.8. The van der Waals surface area contributed by atoms with Crippen molar-refractivity contribution in [3.8, 4) is 0 Å². The molecule has 2 aromatic carbocycles. The van der Waals surface area contributed by atoms with Crippen molar-refractivity contribution in [1.29, 1.82) is 0 Å². The fourth-order valence-corrected chi connectivity index (χ4v) is 4.87. The number of benzene rings is 2. The van der Waals surface area contributed by atoms with Gasteiger partial charge in [-0.1, -0.05) is 59.9 Å². The van der Waals surface area contributed by atoms with Crippen LogP contribution in [0.15, 0.2) is 42.5 Å². The minimum Gasteiger partial charge on any atom is -0.352 e. The Labute approximate surface area is 216 Å². The number of carbonyl (C=O) groups excluding carboxylic acids is 2. The van der Waals surface area contributed by atoms with Gasteiger partial charge in [-0.25, -0.2) is 8.42 Å². The molecule has 34 heavy (non-hydrogen) atoms. The zero-order chi connectivity index (χ0) is 25.6. The molecule has 0 aliphatic heterocycles. The Bertz CT molecular complexity index is 1140. The lowest BCUT2D eigenvalue weighted by Gasteiger charge is -2.33. The lowest BCUT2D eigenvalue weighted by atomic mass is 10.1. The molecule has 0 heterocycles. The van der Waals surface area contributed by atoms with E-state index in [1.165, 1.54) is 23.1 Å². The number of hydrogen-bond acceptors (Lipinski definition) is 4. The standard InChI is InChI=1S/C23H28Cl3N3O4S/c1-5-20(23(31)27-15(2)3)28(13-16-8-6-7-9-18(16)25)22(30)14-29(34(4,32)33)21-12-17(24)10-11-19(21)26/h6-12,15,20H,5,13-14H2,1-4H3,(H,27,31)/t20-/m0/s1. The largest absolute Gasteiger partial charge is 0.352 e. The van der Waals surface area contributed by atoms with Gasteiger partial charge in [0.15, 0.2) is 0 Å². The van der Waals surface area contributed by atoms with Crippen LogP contribution in [0.5, 0.6) is 0 Å². The van der Waals surface area contributed by atoms with Crippen molar-refractivity contribution >= 4 is 62.3 Å². The molecule has 0 saturated carbocycles. The van der Waals surface area contributed by atoms with E-state index in [9.17, 15) is 18.0 Å². The fourth-order valence-electron chi connectivity index (χ4n) is 3.38. The van der Waals surface area contributed by atoms with Crippen molar-refractivity contribution in [2.24, 2.45) is 0 Å². The molecule has 0 aromatic heterocycles. The van der Waals surface area contributed by atoms with Crippen LogP contribution < -0.4 is 9.62 Å². The Morgan fingerprint density at radius 2 is 1.68 bits per heavy atom. The maximum atomic E-state index is 13.6. The Balaban J connectivity index is 2.50. The predicted octanol–water partition coefficient (Wildman–Crippen LogP) is 4.74. The first kappa shape index (κ1) is 28.2. The Hall–Kier alpha value is -2.00. The van der Waals surface area contributed by atoms with Crippen LogP contribution in [-0.2, 0) is 26.2 Å². The third-order valence-electron chi connectivity index (χ3n) is 4.97. The van der Waals surface area contributed by atoms with Gasteiger partial charge in [0.1, 0.15) is 12.6 Å². The van der Waals surface area contributed by atoms with Crippen molar-refractivity contribution in [1.82, 2.24) is 10.2 Å². The van der Waals surface area contributed by atoms with Crippen LogP contribution in [-0.4, -0.2) is 50.0 Å². The molecular weight excluding hydrogens is 521 g/mol. The van der Waals surface area contributed by atoms with Crippen LogP contribution in [0.25, 0.3) is 0 Å². The van der Waals surface area contributed by atoms with Crippen molar-refractivity contribution < 1.29 is 18.0 Å². The average molecular weight is 549 g/mol. The van der Waals surface area contributed by atoms with Gasteiger partial charge in [0.2, 0.25) is 21.8 Å². The molecule has 0 radical (unpaired) electrons. The van der Waals surface area contributed by atoms with E-state index in [1.807, 2.05) is 13.8 Å². The van der Waals surface area contributed by atoms with Crippen molar-refractivity contribution in [3.63, 3.8) is 0 Å². The molecule has 0 saturated heterocycles. The number of rotatable bonds is 10. The first-order valence-corrected chi connectivity index (χ1v) is 13.6. The third kappa shape index (κ3) is 7.50. The van der Waals surface area contributed by atoms with Crippen LogP contribution in [0.4, 0.5) is 5.69 Å². The highest BCUT2D eigenvalue weighted by Gasteiger charge is 2.32. The number of anilines is 1. The summed E-state index contributed by atoms with van der Waals surface area (Å²) in [5, 5.41) is 3.63. The summed E-state index contributed by atoms with van der Waals surface area (Å²) in [4.78, 5) is 27.9. The third-order valence-corrected chi connectivity index (χ3v) is 7.02. The Morgan fingerprint density at radius 1 is 1.03 bits per heavy atom. The lowest BCUT2D eigenvalue weighted by molar-refractivity contribution is -0.140. The van der Waals surface area contributed by atoms with Crippen LogP contribution in [0.3, 0.4) is 0 Å². The summed E-state index contributed by atoms with van der Waals surface area (Å²) in [5.74, 6) is -0.934. The second-order valence-corrected chi connectivity index (χ2v) is 11.2. The average Bonchev–Trinajstić information content (AvgIpc) is 2.73. The summed E-state index contributed by atoms with van der Waals surface area (Å²) in [6.07, 6.45) is 1.28. The molecule has 11 heteroatoms. The van der Waals surface area contributed by atoms with Gasteiger partial charge in [0, 0.05) is 22.6 Å². The van der Waals surface area contributed by atoms with Gasteiger partial charge in [-0.15, -0.1) is 0 Å². The number of nitrogens with one attached hydrogen (secondary N) is 1. The SMILES string of the molecule is CC[C@@H](C(=O)NC(C)C)N(Cc1ccccc1Cl)C(=O)CN(c1cc(Cl)ccc1Cl)S(C)(=O)=O. The summed E-state index contributed by atoms with van der Waals surface area (Å²) in [5.41, 5.74) is 0.697. The van der Waals surface area contributed by atoms with Gasteiger partial charge in [0.25, 0.3) is 0 Å². The quantitative estimate of drug-likeness (QED) is 0.464. The van der Waals surface area contributed by atoms with E-state index >= 15 is 0 Å². The van der Waals surface area contributed by atoms with E-state index in [2.05, 4.69) is 5.32 Å². The van der Waals surface area contributed by atoms with Crippen LogP contribution in [0.2, 0.25) is 15.1 Å². The van der Waals surface area contributed by atoms with Crippen molar-refractivity contribution in [3.05, 3.63) is 63.1 Å². The van der Waals surface area contributed by atoms with Gasteiger partial charge >= 0.3 is 0 Å². The summed E-state index contributed by atoms with van der Waals surface area (Å²) >= 11 is 18.6. The number of hydrogen-bond donors (Lipinski definition) is 1. The number of nitrogens with zero attached hydrogens (tertiary/aromatic N) is 2. The van der Waals surface area contributed by atoms with E-state index in [0.29, 0.717) is 17.0 Å². The van der Waals surface area contributed by atoms with E-state index < -0.39 is 28.5 Å². The van der Waals surface area contributed by atoms with Crippen molar-refractivity contribution in [2.75, 3.05) is 17.1 Å². The molecule has 186 valence electrons. The van der Waals surface area contributed by atoms with Crippen LogP contribution in [0, 0.1) is 0 Å². The second kappa shape index (κ2) is 12.1. The zero-order valence-electron chi connectivity index (χ0n) is 19.4. The molecule has 7 nitrogen and oxygen atoms in total. The predicted molar refractivity (Wildman–Crippen MR) is 138 cm³/mol. The van der Waals surface area contributed by atoms with Crippen molar-refractivity contribution in [2.45, 2.75) is 45.8 Å². The maximum Gasteiger partial charge on any atom is 0.244 e. The highest BCUT2D eigenvalue weighted by Crippen LogP contribution is 2.31. The van der Waals surface area contributed by atoms with Crippen LogP contribution >= 0.6 is 34.8 Å². The normalized spacial score (nSPS) is 12.4. The molecule has 0 spiro atoms. The Morgan fingerprint density at radius 3 is 2.24 bits per heavy atom. The summed E-state index contributed by atoms with van der Waals surface area (Å²) < 4.78 is 26.2. The minimum atomic E-state index is -3.92. The fraction of sp³-hybridized carbons (Fsp3) is 0.391. The lowest BCUT2D eigenvalue weighted by Crippen LogP contribution is -2.53. The van der Waals surface area contributed by atoms with Gasteiger partial charge < -0.3 is 10.2 Å². The molecule has 0 bridgehead atoms. The minimum absolute atomic E-state index is 0.0173. The van der Waals surface area contributed by atoms with E-state index in [1.54, 1.807) is 31.2 Å². The number of amides is 2. The van der Waals surface area contributed by atoms with Gasteiger partial charge in [-0.2, -0.15) is 0 Å². The summed E-state index contributed by atoms with van der Waals surface area (Å²) in [6.45, 7) is 4.85. The molecule has 2 aromatic rings. The van der Waals surface area contributed by atoms with E-state index in [-0.39, 0.29) is 34.2 Å². The zero-order valence-corrected chi connectivity index (χ0v) is 22.5. The number of carbonyl (C=O) groups is 2. The molecule has 1 N–H and O–H groups in total. The molecule has 0 unspecified atom stereocenters. The molecular formula is C23H28Cl3N3O4S. The molecule has 0 fully saturated rings. The smallest absolute Gasteiger partial charge is 0.244 e. The molecule has 2 amide bonds. The highest BCUT2D eigenvalue weighted by molar-refractivity contribution is 7.92. The van der Waals surface area contributed by atoms with Gasteiger partial charge in [-0.3, -0.25) is 13.9 Å². The molecule has 0 aliphatic carbocycles. The van der Waals surface area contributed by atoms with E-state index in [0.717, 1.165) is 10.6 Å². The van der Waals surface area contributed by atoms with Crippen LogP contribution in [0.1, 0.15) is 32.8 Å². The highest BCUT2D eigenvalue weighted by atomic mass is 35.5. The molecule has 0 aliphatic rings. The topological polar surface area (TPSA) is 86.8 Å². The van der Waals surface area contributed by atoms with Gasteiger partial charge in [-0.05, 0) is 50.1 Å². The maximum absolute atomic E-state index is 13.6. The monoisotopic (exact) mass is 547 g/mol. The molecule has 1 atom stereocenters.